The minimum Gasteiger partial charge on any atom is -0.378 e. The van der Waals surface area contributed by atoms with Crippen molar-refractivity contribution in [2.45, 2.75) is 76.7 Å². The molecule has 1 aromatic rings. The average Bonchev–Trinajstić information content (AvgIpc) is 2.79. The minimum atomic E-state index is -3.49. The third kappa shape index (κ3) is 9.08. The summed E-state index contributed by atoms with van der Waals surface area (Å²) in [6.45, 7) is 4.16. The number of piperidine rings is 1. The summed E-state index contributed by atoms with van der Waals surface area (Å²) in [6.07, 6.45) is 13.6. The Morgan fingerprint density at radius 3 is 2.35 bits per heavy atom. The summed E-state index contributed by atoms with van der Waals surface area (Å²) in [5.41, 5.74) is 0.602. The smallest absolute Gasteiger partial charge is 0.301 e. The van der Waals surface area contributed by atoms with E-state index in [1.165, 1.54) is 62.2 Å². The van der Waals surface area contributed by atoms with Crippen molar-refractivity contribution < 1.29 is 13.2 Å². The highest BCUT2D eigenvalue weighted by molar-refractivity contribution is 7.90. The second kappa shape index (κ2) is 13.4. The Bertz CT molecular complexity index is 700. The first-order valence-corrected chi connectivity index (χ1v) is 13.7. The highest BCUT2D eigenvalue weighted by Gasteiger charge is 2.28. The lowest BCUT2D eigenvalue weighted by Crippen LogP contribution is -2.43. The zero-order valence-electron chi connectivity index (χ0n) is 18.9. The molecule has 1 aliphatic heterocycles. The molecule has 0 spiro atoms. The molecule has 0 bridgehead atoms. The molecule has 1 saturated carbocycles. The molecule has 6 nitrogen and oxygen atoms in total. The maximum absolute atomic E-state index is 12.5. The molecule has 7 heteroatoms. The van der Waals surface area contributed by atoms with E-state index < -0.39 is 10.2 Å². The number of benzene rings is 1. The van der Waals surface area contributed by atoms with Crippen LogP contribution in [-0.4, -0.2) is 51.6 Å². The van der Waals surface area contributed by atoms with E-state index in [1.807, 2.05) is 18.2 Å². The molecule has 1 aliphatic carbocycles. The summed E-state index contributed by atoms with van der Waals surface area (Å²) >= 11 is 0. The van der Waals surface area contributed by atoms with Gasteiger partial charge in [0.05, 0.1) is 6.10 Å². The Hall–Kier alpha value is -1.15. The summed E-state index contributed by atoms with van der Waals surface area (Å²) in [7, 11) is -3.49. The van der Waals surface area contributed by atoms with Crippen LogP contribution in [-0.2, 0) is 14.9 Å². The van der Waals surface area contributed by atoms with E-state index in [9.17, 15) is 8.42 Å². The second-order valence-electron chi connectivity index (χ2n) is 9.06. The molecule has 1 aromatic carbocycles. The predicted molar refractivity (Wildman–Crippen MR) is 127 cm³/mol. The van der Waals surface area contributed by atoms with Crippen LogP contribution in [0.15, 0.2) is 30.3 Å². The number of nitrogens with one attached hydrogen (secondary N) is 2. The molecule has 3 rings (SSSR count). The maximum atomic E-state index is 12.5. The monoisotopic (exact) mass is 451 g/mol. The molecule has 31 heavy (non-hydrogen) atoms. The average molecular weight is 452 g/mol. The van der Waals surface area contributed by atoms with Crippen LogP contribution >= 0.6 is 0 Å². The molecule has 0 radical (unpaired) electrons. The van der Waals surface area contributed by atoms with E-state index in [2.05, 4.69) is 10.0 Å². The fraction of sp³-hybridized carbons (Fsp3) is 0.750. The zero-order chi connectivity index (χ0) is 21.8. The summed E-state index contributed by atoms with van der Waals surface area (Å²) < 4.78 is 35.2. The van der Waals surface area contributed by atoms with Crippen molar-refractivity contribution >= 4 is 15.9 Å². The van der Waals surface area contributed by atoms with Crippen LogP contribution in [0.5, 0.6) is 0 Å². The quantitative estimate of drug-likeness (QED) is 0.432. The van der Waals surface area contributed by atoms with Gasteiger partial charge in [-0.2, -0.15) is 12.7 Å². The van der Waals surface area contributed by atoms with Gasteiger partial charge in [0.2, 0.25) is 0 Å². The molecule has 176 valence electrons. The molecule has 1 heterocycles. The Morgan fingerprint density at radius 2 is 1.61 bits per heavy atom. The predicted octanol–water partition coefficient (Wildman–Crippen LogP) is 4.55. The zero-order valence-corrected chi connectivity index (χ0v) is 19.8. The van der Waals surface area contributed by atoms with Gasteiger partial charge >= 0.3 is 10.2 Å². The van der Waals surface area contributed by atoms with Crippen molar-refractivity contribution in [2.75, 3.05) is 37.5 Å². The summed E-state index contributed by atoms with van der Waals surface area (Å²) in [4.78, 5) is 0. The van der Waals surface area contributed by atoms with Gasteiger partial charge in [-0.05, 0) is 69.7 Å². The van der Waals surface area contributed by atoms with E-state index in [1.54, 1.807) is 12.1 Å². The van der Waals surface area contributed by atoms with E-state index in [4.69, 9.17) is 4.74 Å². The van der Waals surface area contributed by atoms with Crippen molar-refractivity contribution in [3.63, 3.8) is 0 Å². The van der Waals surface area contributed by atoms with Crippen LogP contribution in [0.1, 0.15) is 70.6 Å². The SMILES string of the molecule is O=S(=O)(Nc1ccccc1)N1CCC(OCCCCCCNCC2CCCCC2)CC1. The van der Waals surface area contributed by atoms with Crippen LogP contribution in [0.2, 0.25) is 0 Å². The first-order valence-electron chi connectivity index (χ1n) is 12.3. The number of ether oxygens (including phenoxy) is 1. The van der Waals surface area contributed by atoms with Crippen molar-refractivity contribution in [1.82, 2.24) is 9.62 Å². The van der Waals surface area contributed by atoms with Gasteiger partial charge in [0, 0.05) is 25.4 Å². The molecule has 0 atom stereocenters. The number of para-hydroxylation sites is 1. The second-order valence-corrected chi connectivity index (χ2v) is 10.7. The lowest BCUT2D eigenvalue weighted by atomic mass is 9.89. The van der Waals surface area contributed by atoms with Crippen LogP contribution in [0.3, 0.4) is 0 Å². The molecule has 2 N–H and O–H groups in total. The lowest BCUT2D eigenvalue weighted by molar-refractivity contribution is 0.0193. The van der Waals surface area contributed by atoms with Gasteiger partial charge in [0.15, 0.2) is 0 Å². The number of hydrogen-bond acceptors (Lipinski definition) is 4. The van der Waals surface area contributed by atoms with Crippen molar-refractivity contribution in [3.05, 3.63) is 30.3 Å². The molecule has 1 saturated heterocycles. The van der Waals surface area contributed by atoms with E-state index in [0.717, 1.165) is 38.3 Å². The number of hydrogen-bond donors (Lipinski definition) is 2. The Balaban J connectivity index is 1.18. The molecule has 0 unspecified atom stereocenters. The first-order chi connectivity index (χ1) is 15.1. The van der Waals surface area contributed by atoms with Gasteiger partial charge in [-0.15, -0.1) is 0 Å². The Kier molecular flexibility index (Phi) is 10.6. The number of anilines is 1. The maximum Gasteiger partial charge on any atom is 0.301 e. The third-order valence-corrected chi connectivity index (χ3v) is 8.06. The van der Waals surface area contributed by atoms with Gasteiger partial charge in [0.25, 0.3) is 0 Å². The van der Waals surface area contributed by atoms with Crippen LogP contribution in [0, 0.1) is 5.92 Å². The van der Waals surface area contributed by atoms with Crippen LogP contribution in [0.25, 0.3) is 0 Å². The standard InChI is InChI=1S/C24H41N3O3S/c28-31(29,26-23-13-7-4-8-14-23)27-18-15-24(16-19-27)30-20-10-2-1-9-17-25-21-22-11-5-3-6-12-22/h4,7-8,13-14,22,24-26H,1-3,5-6,9-12,15-21H2. The van der Waals surface area contributed by atoms with Crippen molar-refractivity contribution in [2.24, 2.45) is 5.92 Å². The largest absolute Gasteiger partial charge is 0.378 e. The molecule has 0 aromatic heterocycles. The van der Waals surface area contributed by atoms with E-state index >= 15 is 0 Å². The first kappa shape index (κ1) is 24.5. The van der Waals surface area contributed by atoms with Gasteiger partial charge in [-0.1, -0.05) is 50.3 Å². The highest BCUT2D eigenvalue weighted by Crippen LogP contribution is 2.23. The molecule has 0 amide bonds. The number of unbranched alkanes of at least 4 members (excludes halogenated alkanes) is 3. The summed E-state index contributed by atoms with van der Waals surface area (Å²) in [6, 6.07) is 9.05. The van der Waals surface area contributed by atoms with E-state index in [-0.39, 0.29) is 6.10 Å². The molecule has 2 aliphatic rings. The van der Waals surface area contributed by atoms with Crippen LogP contribution < -0.4 is 10.0 Å². The molecule has 2 fully saturated rings. The summed E-state index contributed by atoms with van der Waals surface area (Å²) in [5.74, 6) is 0.915. The normalized spacial score (nSPS) is 19.5. The van der Waals surface area contributed by atoms with Gasteiger partial charge in [-0.25, -0.2) is 0 Å². The highest BCUT2D eigenvalue weighted by atomic mass is 32.2. The molecular weight excluding hydrogens is 410 g/mol. The molecular formula is C24H41N3O3S. The van der Waals surface area contributed by atoms with Crippen molar-refractivity contribution in [3.8, 4) is 0 Å². The third-order valence-electron chi connectivity index (χ3n) is 6.52. The minimum absolute atomic E-state index is 0.181. The fourth-order valence-corrected chi connectivity index (χ4v) is 5.87. The van der Waals surface area contributed by atoms with Gasteiger partial charge < -0.3 is 10.1 Å². The van der Waals surface area contributed by atoms with Crippen LogP contribution in [0.4, 0.5) is 5.69 Å². The van der Waals surface area contributed by atoms with Gasteiger partial charge in [0.1, 0.15) is 0 Å². The lowest BCUT2D eigenvalue weighted by Gasteiger charge is -2.31. The topological polar surface area (TPSA) is 70.7 Å². The number of nitrogens with zero attached hydrogens (tertiary/aromatic N) is 1. The summed E-state index contributed by atoms with van der Waals surface area (Å²) in [5, 5.41) is 3.64. The van der Waals surface area contributed by atoms with Gasteiger partial charge in [-0.3, -0.25) is 4.72 Å². The van der Waals surface area contributed by atoms with Crippen molar-refractivity contribution in [1.29, 1.82) is 0 Å². The van der Waals surface area contributed by atoms with E-state index in [0.29, 0.717) is 18.8 Å². The number of rotatable bonds is 13. The Labute approximate surface area is 189 Å². The fourth-order valence-electron chi connectivity index (χ4n) is 4.61. The Morgan fingerprint density at radius 1 is 0.903 bits per heavy atom.